The highest BCUT2D eigenvalue weighted by Gasteiger charge is 2.20. The lowest BCUT2D eigenvalue weighted by atomic mass is 10.0. The highest BCUT2D eigenvalue weighted by atomic mass is 16.2. The lowest BCUT2D eigenvalue weighted by Crippen LogP contribution is -2.32. The molecule has 0 fully saturated rings. The number of benzene rings is 3. The molecule has 172 valence electrons. The van der Waals surface area contributed by atoms with Crippen molar-refractivity contribution in [3.63, 3.8) is 0 Å². The normalized spacial score (nSPS) is 10.8. The summed E-state index contributed by atoms with van der Waals surface area (Å²) >= 11 is 0. The minimum Gasteiger partial charge on any atom is -0.355 e. The van der Waals surface area contributed by atoms with Gasteiger partial charge in [0.2, 0.25) is 5.91 Å². The van der Waals surface area contributed by atoms with Crippen LogP contribution in [0.25, 0.3) is 0 Å². The zero-order chi connectivity index (χ0) is 23.8. The number of likely N-dealkylation sites (N-methyl/N-ethyl adjacent to an activating group) is 1. The molecule has 2 amide bonds. The topological polar surface area (TPSA) is 52.7 Å². The van der Waals surface area contributed by atoms with E-state index >= 15 is 0 Å². The van der Waals surface area contributed by atoms with Crippen LogP contribution in [0, 0.1) is 13.8 Å². The lowest BCUT2D eigenvalue weighted by Gasteiger charge is -2.24. The second kappa shape index (κ2) is 11.4. The van der Waals surface area contributed by atoms with Gasteiger partial charge in [0.15, 0.2) is 0 Å². The van der Waals surface area contributed by atoms with Gasteiger partial charge in [-0.05, 0) is 62.8 Å². The molecule has 0 spiro atoms. The number of carbonyl (C=O) groups is 2. The van der Waals surface area contributed by atoms with Crippen molar-refractivity contribution >= 4 is 17.5 Å². The van der Waals surface area contributed by atoms with E-state index in [9.17, 15) is 9.59 Å². The summed E-state index contributed by atoms with van der Waals surface area (Å²) in [6.07, 6.45) is 0.276. The summed E-state index contributed by atoms with van der Waals surface area (Å²) < 4.78 is 0. The predicted octanol–water partition coefficient (Wildman–Crippen LogP) is 4.37. The Hall–Kier alpha value is -3.44. The maximum Gasteiger partial charge on any atom is 0.258 e. The molecule has 0 heterocycles. The number of rotatable bonds is 9. The van der Waals surface area contributed by atoms with Crippen LogP contribution in [0.2, 0.25) is 0 Å². The van der Waals surface area contributed by atoms with E-state index in [1.54, 1.807) is 4.90 Å². The van der Waals surface area contributed by atoms with Gasteiger partial charge in [0.25, 0.3) is 5.91 Å². The summed E-state index contributed by atoms with van der Waals surface area (Å²) in [7, 11) is 3.95. The molecular weight excluding hydrogens is 410 g/mol. The van der Waals surface area contributed by atoms with E-state index in [1.165, 1.54) is 5.56 Å². The van der Waals surface area contributed by atoms with Gasteiger partial charge in [0.05, 0.1) is 13.0 Å². The summed E-state index contributed by atoms with van der Waals surface area (Å²) in [6.45, 7) is 5.85. The van der Waals surface area contributed by atoms with Crippen molar-refractivity contribution in [2.75, 3.05) is 32.1 Å². The number of nitrogens with one attached hydrogen (secondary N) is 1. The molecule has 3 aromatic carbocycles. The molecule has 0 unspecified atom stereocenters. The molecule has 0 atom stereocenters. The first-order valence-electron chi connectivity index (χ1n) is 11.3. The molecule has 1 N–H and O–H groups in total. The van der Waals surface area contributed by atoms with Gasteiger partial charge in [0.1, 0.15) is 0 Å². The lowest BCUT2D eigenvalue weighted by molar-refractivity contribution is -0.120. The average Bonchev–Trinajstić information content (AvgIpc) is 2.78. The van der Waals surface area contributed by atoms with E-state index < -0.39 is 0 Å². The van der Waals surface area contributed by atoms with Gasteiger partial charge in [-0.1, -0.05) is 60.2 Å². The average molecular weight is 444 g/mol. The van der Waals surface area contributed by atoms with Crippen molar-refractivity contribution in [1.29, 1.82) is 0 Å². The van der Waals surface area contributed by atoms with Crippen LogP contribution in [-0.4, -0.2) is 43.9 Å². The molecule has 0 aromatic heterocycles. The van der Waals surface area contributed by atoms with E-state index in [4.69, 9.17) is 0 Å². The molecule has 3 rings (SSSR count). The monoisotopic (exact) mass is 443 g/mol. The molecule has 0 saturated carbocycles. The molecule has 0 bridgehead atoms. The minimum atomic E-state index is -0.0544. The Morgan fingerprint density at radius 1 is 0.848 bits per heavy atom. The number of amides is 2. The number of aryl methyl sites for hydroxylation is 2. The Balaban J connectivity index is 1.86. The second-order valence-electron chi connectivity index (χ2n) is 8.69. The van der Waals surface area contributed by atoms with Gasteiger partial charge in [-0.15, -0.1) is 0 Å². The van der Waals surface area contributed by atoms with Crippen molar-refractivity contribution in [1.82, 2.24) is 10.2 Å². The van der Waals surface area contributed by atoms with E-state index in [2.05, 4.69) is 29.6 Å². The molecule has 0 aliphatic heterocycles. The Kier molecular flexibility index (Phi) is 8.39. The standard InChI is InChI=1S/C28H33N3O2/c1-21-12-14-23(15-13-21)20-31(28(33)26-11-6-5-8-22(26)2)25-10-7-9-24(18-25)19-27(32)29-16-17-30(3)4/h5-15,18H,16-17,19-20H2,1-4H3,(H,29,32). The third kappa shape index (κ3) is 7.02. The zero-order valence-corrected chi connectivity index (χ0v) is 20.0. The minimum absolute atomic E-state index is 0.0238. The molecule has 0 aliphatic rings. The summed E-state index contributed by atoms with van der Waals surface area (Å²) in [5.41, 5.74) is 5.50. The fourth-order valence-corrected chi connectivity index (χ4v) is 3.62. The molecule has 5 heteroatoms. The van der Waals surface area contributed by atoms with Gasteiger partial charge in [-0.2, -0.15) is 0 Å². The summed E-state index contributed by atoms with van der Waals surface area (Å²) in [6, 6.07) is 23.6. The Morgan fingerprint density at radius 3 is 2.27 bits per heavy atom. The molecule has 0 aliphatic carbocycles. The van der Waals surface area contributed by atoms with Crippen LogP contribution in [0.1, 0.15) is 32.6 Å². The van der Waals surface area contributed by atoms with Crippen molar-refractivity contribution in [2.45, 2.75) is 26.8 Å². The van der Waals surface area contributed by atoms with Crippen molar-refractivity contribution in [3.05, 3.63) is 101 Å². The van der Waals surface area contributed by atoms with E-state index in [0.717, 1.165) is 28.9 Å². The molecular formula is C28H33N3O2. The number of nitrogens with zero attached hydrogens (tertiary/aromatic N) is 2. The van der Waals surface area contributed by atoms with Crippen molar-refractivity contribution < 1.29 is 9.59 Å². The first-order chi connectivity index (χ1) is 15.8. The van der Waals surface area contributed by atoms with Crippen LogP contribution >= 0.6 is 0 Å². The van der Waals surface area contributed by atoms with Crippen LogP contribution in [-0.2, 0) is 17.8 Å². The summed E-state index contributed by atoms with van der Waals surface area (Å²) in [5, 5.41) is 2.95. The second-order valence-corrected chi connectivity index (χ2v) is 8.69. The number of anilines is 1. The zero-order valence-electron chi connectivity index (χ0n) is 20.0. The predicted molar refractivity (Wildman–Crippen MR) is 135 cm³/mol. The molecule has 0 saturated heterocycles. The molecule has 5 nitrogen and oxygen atoms in total. The van der Waals surface area contributed by atoms with Gasteiger partial charge in [-0.3, -0.25) is 9.59 Å². The summed E-state index contributed by atoms with van der Waals surface area (Å²) in [5.74, 6) is -0.0782. The van der Waals surface area contributed by atoms with Crippen LogP contribution < -0.4 is 10.2 Å². The highest BCUT2D eigenvalue weighted by Crippen LogP contribution is 2.23. The Labute approximate surface area is 197 Å². The molecule has 3 aromatic rings. The quantitative estimate of drug-likeness (QED) is 0.534. The van der Waals surface area contributed by atoms with Crippen LogP contribution in [0.5, 0.6) is 0 Å². The maximum atomic E-state index is 13.6. The van der Waals surface area contributed by atoms with Crippen LogP contribution in [0.15, 0.2) is 72.8 Å². The van der Waals surface area contributed by atoms with Crippen molar-refractivity contribution in [3.8, 4) is 0 Å². The number of hydrogen-bond donors (Lipinski definition) is 1. The third-order valence-electron chi connectivity index (χ3n) is 5.55. The van der Waals surface area contributed by atoms with E-state index in [0.29, 0.717) is 18.7 Å². The van der Waals surface area contributed by atoms with Gasteiger partial charge >= 0.3 is 0 Å². The SMILES string of the molecule is Cc1ccc(CN(C(=O)c2ccccc2C)c2cccc(CC(=O)NCCN(C)C)c2)cc1. The van der Waals surface area contributed by atoms with Crippen LogP contribution in [0.3, 0.4) is 0 Å². The highest BCUT2D eigenvalue weighted by molar-refractivity contribution is 6.07. The smallest absolute Gasteiger partial charge is 0.258 e. The van der Waals surface area contributed by atoms with E-state index in [-0.39, 0.29) is 18.2 Å². The maximum absolute atomic E-state index is 13.6. The fourth-order valence-electron chi connectivity index (χ4n) is 3.62. The number of carbonyl (C=O) groups excluding carboxylic acids is 2. The number of hydrogen-bond acceptors (Lipinski definition) is 3. The third-order valence-corrected chi connectivity index (χ3v) is 5.55. The van der Waals surface area contributed by atoms with Gasteiger partial charge in [-0.25, -0.2) is 0 Å². The van der Waals surface area contributed by atoms with E-state index in [1.807, 2.05) is 81.4 Å². The van der Waals surface area contributed by atoms with Crippen molar-refractivity contribution in [2.24, 2.45) is 0 Å². The Bertz CT molecular complexity index is 1090. The first-order valence-corrected chi connectivity index (χ1v) is 11.3. The molecule has 0 radical (unpaired) electrons. The fraction of sp³-hybridized carbons (Fsp3) is 0.286. The van der Waals surface area contributed by atoms with Gasteiger partial charge in [0, 0.05) is 24.3 Å². The first kappa shape index (κ1) is 24.2. The molecule has 33 heavy (non-hydrogen) atoms. The Morgan fingerprint density at radius 2 is 1.58 bits per heavy atom. The van der Waals surface area contributed by atoms with Gasteiger partial charge < -0.3 is 15.1 Å². The largest absolute Gasteiger partial charge is 0.355 e. The summed E-state index contributed by atoms with van der Waals surface area (Å²) in [4.78, 5) is 29.8. The van der Waals surface area contributed by atoms with Crippen LogP contribution in [0.4, 0.5) is 5.69 Å².